The first-order valence-electron chi connectivity index (χ1n) is 10.3. The lowest BCUT2D eigenvalue weighted by Gasteiger charge is -2.16. The minimum atomic E-state index is -0.916. The van der Waals surface area contributed by atoms with E-state index < -0.39 is 17.7 Å². The number of benzene rings is 1. The van der Waals surface area contributed by atoms with Crippen LogP contribution in [0.25, 0.3) is 10.9 Å². The highest BCUT2D eigenvalue weighted by molar-refractivity contribution is 8.08. The first-order valence-corrected chi connectivity index (χ1v) is 11.2. The number of carboxylic acids is 1. The van der Waals surface area contributed by atoms with E-state index in [2.05, 4.69) is 22.0 Å². The molecule has 31 heavy (non-hydrogen) atoms. The molecule has 2 aromatic rings. The number of aromatic carboxylic acids is 1. The number of aryl methyl sites for hydroxylation is 1. The average Bonchev–Trinajstić information content (AvgIpc) is 3.34. The first-order chi connectivity index (χ1) is 14.5. The molecule has 1 aromatic carbocycles. The van der Waals surface area contributed by atoms with Gasteiger partial charge >= 0.3 is 12.1 Å². The zero-order chi connectivity index (χ0) is 23.2. The number of nitrogens with two attached hydrogens (primary N) is 1. The molecule has 2 unspecified atom stereocenters. The van der Waals surface area contributed by atoms with Crippen molar-refractivity contribution in [3.8, 4) is 0 Å². The number of fused-ring (bicyclic) bond motifs is 1. The summed E-state index contributed by atoms with van der Waals surface area (Å²) in [5.74, 6) is -0.759. The van der Waals surface area contributed by atoms with Crippen LogP contribution in [-0.4, -0.2) is 50.7 Å². The van der Waals surface area contributed by atoms with Crippen LogP contribution in [0.1, 0.15) is 56.6 Å². The fourth-order valence-corrected chi connectivity index (χ4v) is 4.04. The number of amides is 2. The topological polar surface area (TPSA) is 135 Å². The average molecular weight is 450 g/mol. The number of carbonyl (C=O) groups is 3. The number of hydrogen-bond donors (Lipinski definition) is 4. The van der Waals surface area contributed by atoms with E-state index in [1.165, 1.54) is 0 Å². The molecule has 1 aliphatic rings. The molecule has 9 heteroatoms. The summed E-state index contributed by atoms with van der Waals surface area (Å²) < 4.78 is 4.58. The number of H-pyrrole nitrogens is 1. The van der Waals surface area contributed by atoms with Crippen molar-refractivity contribution in [3.63, 3.8) is 0 Å². The van der Waals surface area contributed by atoms with Crippen LogP contribution in [0.4, 0.5) is 4.79 Å². The molecular weight excluding hydrogens is 418 g/mol. The van der Waals surface area contributed by atoms with Crippen LogP contribution in [0.3, 0.4) is 0 Å². The lowest BCUT2D eigenvalue weighted by molar-refractivity contribution is -0.120. The highest BCUT2D eigenvalue weighted by Crippen LogP contribution is 2.43. The largest absolute Gasteiger partial charge is 0.478 e. The zero-order valence-corrected chi connectivity index (χ0v) is 19.2. The molecule has 0 spiro atoms. The number of ether oxygens (including phenoxy) is 1. The van der Waals surface area contributed by atoms with E-state index in [1.807, 2.05) is 6.07 Å². The third kappa shape index (κ3) is 8.16. The Morgan fingerprint density at radius 1 is 1.26 bits per heavy atom. The summed E-state index contributed by atoms with van der Waals surface area (Å²) in [6.45, 7) is 8.06. The maximum atomic E-state index is 11.8. The van der Waals surface area contributed by atoms with Crippen molar-refractivity contribution >= 4 is 40.6 Å². The Bertz CT molecular complexity index is 935. The maximum absolute atomic E-state index is 11.8. The van der Waals surface area contributed by atoms with Crippen molar-refractivity contribution in [2.24, 2.45) is 5.73 Å². The number of hydrogen-bond acceptors (Lipinski definition) is 5. The van der Waals surface area contributed by atoms with Crippen LogP contribution in [0, 0.1) is 0 Å². The molecule has 1 aromatic heterocycles. The SMILES string of the molecule is CC(C)(C)OC(N)=O.CCC1SC1C(=O)NCCCc1cc2cc(C(=O)O)ccc2[nH]1. The van der Waals surface area contributed by atoms with Gasteiger partial charge in [-0.3, -0.25) is 4.79 Å². The zero-order valence-electron chi connectivity index (χ0n) is 18.4. The molecule has 1 saturated heterocycles. The lowest BCUT2D eigenvalue weighted by Crippen LogP contribution is -2.29. The fraction of sp³-hybridized carbons (Fsp3) is 0.500. The summed E-state index contributed by atoms with van der Waals surface area (Å²) in [5, 5.41) is 13.6. The highest BCUT2D eigenvalue weighted by atomic mass is 32.2. The Hall–Kier alpha value is -2.68. The van der Waals surface area contributed by atoms with E-state index in [4.69, 9.17) is 10.8 Å². The van der Waals surface area contributed by atoms with Crippen LogP contribution in [0.2, 0.25) is 0 Å². The number of nitrogens with one attached hydrogen (secondary N) is 2. The highest BCUT2D eigenvalue weighted by Gasteiger charge is 2.42. The molecule has 3 rings (SSSR count). The Morgan fingerprint density at radius 2 is 1.97 bits per heavy atom. The normalized spacial score (nSPS) is 17.4. The molecule has 1 fully saturated rings. The van der Waals surface area contributed by atoms with Crippen molar-refractivity contribution in [2.45, 2.75) is 63.1 Å². The summed E-state index contributed by atoms with van der Waals surface area (Å²) in [6.07, 6.45) is 2.01. The van der Waals surface area contributed by atoms with Gasteiger partial charge in [0.1, 0.15) is 5.60 Å². The molecule has 2 atom stereocenters. The standard InChI is InChI=1S/C17H20N2O3S.C5H11NO2/c1-2-14-15(23-14)16(20)18-7-3-4-12-9-11-8-10(17(21)22)5-6-13(11)19-12;1-5(2,3)8-4(6)7/h5-6,8-9,14-15,19H,2-4,7H2,1H3,(H,18,20)(H,21,22);1-3H3,(H2,6,7). The molecule has 0 bridgehead atoms. The second-order valence-electron chi connectivity index (χ2n) is 8.33. The van der Waals surface area contributed by atoms with Crippen molar-refractivity contribution in [1.29, 1.82) is 0 Å². The molecule has 0 saturated carbocycles. The van der Waals surface area contributed by atoms with E-state index in [9.17, 15) is 14.4 Å². The molecule has 170 valence electrons. The summed E-state index contributed by atoms with van der Waals surface area (Å²) in [6, 6.07) is 7.05. The van der Waals surface area contributed by atoms with E-state index >= 15 is 0 Å². The number of rotatable bonds is 7. The van der Waals surface area contributed by atoms with Crippen LogP contribution in [-0.2, 0) is 16.0 Å². The van der Waals surface area contributed by atoms with Crippen LogP contribution < -0.4 is 11.1 Å². The molecule has 2 heterocycles. The Balaban J connectivity index is 0.000000366. The van der Waals surface area contributed by atoms with Gasteiger partial charge in [0.05, 0.1) is 10.8 Å². The molecule has 0 aliphatic carbocycles. The minimum Gasteiger partial charge on any atom is -0.478 e. The van der Waals surface area contributed by atoms with Gasteiger partial charge < -0.3 is 25.9 Å². The van der Waals surface area contributed by atoms with Crippen molar-refractivity contribution in [3.05, 3.63) is 35.5 Å². The van der Waals surface area contributed by atoms with Gasteiger partial charge in [-0.1, -0.05) is 6.92 Å². The molecule has 2 amide bonds. The number of aromatic amines is 1. The minimum absolute atomic E-state index is 0.155. The molecule has 0 radical (unpaired) electrons. The van der Waals surface area contributed by atoms with E-state index in [0.29, 0.717) is 17.4 Å². The maximum Gasteiger partial charge on any atom is 0.405 e. The van der Waals surface area contributed by atoms with Gasteiger partial charge in [0.2, 0.25) is 5.91 Å². The number of primary amides is 1. The van der Waals surface area contributed by atoms with Crippen molar-refractivity contribution in [2.75, 3.05) is 6.54 Å². The summed E-state index contributed by atoms with van der Waals surface area (Å²) >= 11 is 1.74. The number of carbonyl (C=O) groups excluding carboxylic acids is 2. The van der Waals surface area contributed by atoms with Gasteiger partial charge in [-0.15, -0.1) is 11.8 Å². The van der Waals surface area contributed by atoms with Crippen LogP contribution >= 0.6 is 11.8 Å². The van der Waals surface area contributed by atoms with Gasteiger partial charge in [0, 0.05) is 28.4 Å². The van der Waals surface area contributed by atoms with Crippen LogP contribution in [0.15, 0.2) is 24.3 Å². The molecule has 5 N–H and O–H groups in total. The quantitative estimate of drug-likeness (QED) is 0.376. The Morgan fingerprint density at radius 3 is 2.48 bits per heavy atom. The third-order valence-electron chi connectivity index (χ3n) is 4.50. The summed E-state index contributed by atoms with van der Waals surface area (Å²) in [5.41, 5.74) is 6.56. The molecular formula is C22H31N3O5S. The number of carboxylic acid groups (broad SMARTS) is 1. The molecule has 8 nitrogen and oxygen atoms in total. The predicted molar refractivity (Wildman–Crippen MR) is 122 cm³/mol. The Labute approximate surface area is 186 Å². The van der Waals surface area contributed by atoms with Crippen molar-refractivity contribution in [1.82, 2.24) is 10.3 Å². The van der Waals surface area contributed by atoms with Gasteiger partial charge in [-0.05, 0) is 64.3 Å². The first kappa shape index (κ1) is 24.6. The van der Waals surface area contributed by atoms with Gasteiger partial charge in [0.25, 0.3) is 0 Å². The summed E-state index contributed by atoms with van der Waals surface area (Å²) in [7, 11) is 0. The predicted octanol–water partition coefficient (Wildman–Crippen LogP) is 3.69. The fourth-order valence-electron chi connectivity index (χ4n) is 3.04. The Kier molecular flexibility index (Phi) is 8.38. The van der Waals surface area contributed by atoms with Gasteiger partial charge in [-0.25, -0.2) is 9.59 Å². The summed E-state index contributed by atoms with van der Waals surface area (Å²) in [4.78, 5) is 36.1. The lowest BCUT2D eigenvalue weighted by atomic mass is 10.1. The van der Waals surface area contributed by atoms with Gasteiger partial charge in [0.15, 0.2) is 0 Å². The van der Waals surface area contributed by atoms with Crippen molar-refractivity contribution < 1.29 is 24.2 Å². The monoisotopic (exact) mass is 449 g/mol. The van der Waals surface area contributed by atoms with E-state index in [0.717, 1.165) is 35.9 Å². The smallest absolute Gasteiger partial charge is 0.405 e. The second kappa shape index (κ2) is 10.6. The van der Waals surface area contributed by atoms with E-state index in [1.54, 1.807) is 50.7 Å². The van der Waals surface area contributed by atoms with E-state index in [-0.39, 0.29) is 11.2 Å². The molecule has 1 aliphatic heterocycles. The second-order valence-corrected chi connectivity index (χ2v) is 9.72. The number of aromatic nitrogens is 1. The third-order valence-corrected chi connectivity index (χ3v) is 5.97. The van der Waals surface area contributed by atoms with Crippen LogP contribution in [0.5, 0.6) is 0 Å². The van der Waals surface area contributed by atoms with Gasteiger partial charge in [-0.2, -0.15) is 0 Å². The number of thioether (sulfide) groups is 1.